The van der Waals surface area contributed by atoms with Crippen LogP contribution in [-0.2, 0) is 4.74 Å². The van der Waals surface area contributed by atoms with Gasteiger partial charge in [0.2, 0.25) is 0 Å². The van der Waals surface area contributed by atoms with Gasteiger partial charge in [0.1, 0.15) is 0 Å². The normalized spacial score (nSPS) is 18.4. The van der Waals surface area contributed by atoms with Gasteiger partial charge in [-0.25, -0.2) is 0 Å². The van der Waals surface area contributed by atoms with E-state index in [-0.39, 0.29) is 0 Å². The van der Waals surface area contributed by atoms with Crippen LogP contribution in [0.5, 0.6) is 0 Å². The molecule has 3 heteroatoms. The molecule has 1 aliphatic heterocycles. The van der Waals surface area contributed by atoms with Crippen LogP contribution in [0.15, 0.2) is 24.3 Å². The summed E-state index contributed by atoms with van der Waals surface area (Å²) in [5.74, 6) is 0. The largest absolute Gasteiger partial charge is 0.379 e. The van der Waals surface area contributed by atoms with Gasteiger partial charge in [0.05, 0.1) is 13.2 Å². The second-order valence-electron chi connectivity index (χ2n) is 5.26. The first kappa shape index (κ1) is 14.5. The summed E-state index contributed by atoms with van der Waals surface area (Å²) in [7, 11) is 0. The lowest BCUT2D eigenvalue weighted by Crippen LogP contribution is -2.38. The van der Waals surface area contributed by atoms with Crippen LogP contribution < -0.4 is 5.32 Å². The fourth-order valence-electron chi connectivity index (χ4n) is 2.57. The van der Waals surface area contributed by atoms with E-state index < -0.39 is 0 Å². The molecule has 1 N–H and O–H groups in total. The first-order valence-electron chi connectivity index (χ1n) is 7.39. The van der Waals surface area contributed by atoms with Crippen molar-refractivity contribution in [1.82, 2.24) is 10.2 Å². The van der Waals surface area contributed by atoms with Gasteiger partial charge in [-0.3, -0.25) is 4.90 Å². The van der Waals surface area contributed by atoms with Gasteiger partial charge in [-0.05, 0) is 25.5 Å². The molecule has 0 spiro atoms. The Hall–Kier alpha value is -0.900. The number of nitrogens with one attached hydrogen (secondary N) is 1. The molecular formula is C16H26N2O. The maximum atomic E-state index is 5.39. The van der Waals surface area contributed by atoms with E-state index in [1.165, 1.54) is 11.1 Å². The van der Waals surface area contributed by atoms with Crippen LogP contribution in [0, 0.1) is 6.92 Å². The number of ether oxygens (including phenoxy) is 1. The van der Waals surface area contributed by atoms with Crippen LogP contribution in [0.2, 0.25) is 0 Å². The molecule has 0 aliphatic carbocycles. The van der Waals surface area contributed by atoms with Crippen molar-refractivity contribution in [3.63, 3.8) is 0 Å². The molecule has 0 radical (unpaired) electrons. The Labute approximate surface area is 116 Å². The number of aryl methyl sites for hydroxylation is 1. The van der Waals surface area contributed by atoms with Gasteiger partial charge in [0.15, 0.2) is 0 Å². The Kier molecular flexibility index (Phi) is 5.83. The zero-order chi connectivity index (χ0) is 13.5. The van der Waals surface area contributed by atoms with Crippen molar-refractivity contribution in [2.24, 2.45) is 0 Å². The molecule has 1 atom stereocenters. The molecule has 0 aromatic heterocycles. The molecule has 1 fully saturated rings. The molecule has 1 heterocycles. The number of hydrogen-bond donors (Lipinski definition) is 1. The smallest absolute Gasteiger partial charge is 0.0594 e. The maximum Gasteiger partial charge on any atom is 0.0594 e. The van der Waals surface area contributed by atoms with E-state index in [0.717, 1.165) is 45.8 Å². The Bertz CT molecular complexity index is 358. The van der Waals surface area contributed by atoms with Gasteiger partial charge in [-0.2, -0.15) is 0 Å². The van der Waals surface area contributed by atoms with E-state index in [9.17, 15) is 0 Å². The predicted octanol–water partition coefficient (Wildman–Crippen LogP) is 2.37. The van der Waals surface area contributed by atoms with Gasteiger partial charge in [-0.1, -0.05) is 36.8 Å². The Balaban J connectivity index is 1.89. The Morgan fingerprint density at radius 2 is 1.89 bits per heavy atom. The molecule has 3 nitrogen and oxygen atoms in total. The number of morpholine rings is 1. The second kappa shape index (κ2) is 7.63. The van der Waals surface area contributed by atoms with Gasteiger partial charge in [0, 0.05) is 25.7 Å². The molecular weight excluding hydrogens is 236 g/mol. The summed E-state index contributed by atoms with van der Waals surface area (Å²) in [4.78, 5) is 2.50. The van der Waals surface area contributed by atoms with E-state index in [1.54, 1.807) is 0 Å². The summed E-state index contributed by atoms with van der Waals surface area (Å²) in [6.45, 7) is 10.4. The minimum Gasteiger partial charge on any atom is -0.379 e. The molecule has 1 unspecified atom stereocenters. The molecule has 106 valence electrons. The third kappa shape index (κ3) is 4.60. The van der Waals surface area contributed by atoms with E-state index >= 15 is 0 Å². The van der Waals surface area contributed by atoms with Crippen LogP contribution >= 0.6 is 0 Å². The minimum atomic E-state index is 0.466. The SMILES string of the molecule is CCNC(CCN1CCOCC1)c1ccc(C)cc1. The molecule has 1 saturated heterocycles. The lowest BCUT2D eigenvalue weighted by atomic mass is 10.0. The zero-order valence-electron chi connectivity index (χ0n) is 12.2. The average molecular weight is 262 g/mol. The molecule has 1 aromatic carbocycles. The van der Waals surface area contributed by atoms with E-state index in [1.807, 2.05) is 0 Å². The van der Waals surface area contributed by atoms with Crippen molar-refractivity contribution in [3.8, 4) is 0 Å². The molecule has 0 saturated carbocycles. The van der Waals surface area contributed by atoms with Crippen molar-refractivity contribution in [2.45, 2.75) is 26.3 Å². The van der Waals surface area contributed by atoms with Gasteiger partial charge >= 0.3 is 0 Å². The van der Waals surface area contributed by atoms with Crippen molar-refractivity contribution < 1.29 is 4.74 Å². The quantitative estimate of drug-likeness (QED) is 0.852. The third-order valence-electron chi connectivity index (χ3n) is 3.77. The van der Waals surface area contributed by atoms with E-state index in [4.69, 9.17) is 4.74 Å². The van der Waals surface area contributed by atoms with Crippen molar-refractivity contribution >= 4 is 0 Å². The summed E-state index contributed by atoms with van der Waals surface area (Å²) in [6, 6.07) is 9.38. The summed E-state index contributed by atoms with van der Waals surface area (Å²) < 4.78 is 5.39. The van der Waals surface area contributed by atoms with Crippen LogP contribution in [0.3, 0.4) is 0 Å². The van der Waals surface area contributed by atoms with Crippen LogP contribution in [0.25, 0.3) is 0 Å². The average Bonchev–Trinajstić information content (AvgIpc) is 2.46. The highest BCUT2D eigenvalue weighted by molar-refractivity contribution is 5.24. The summed E-state index contributed by atoms with van der Waals surface area (Å²) in [6.07, 6.45) is 1.16. The van der Waals surface area contributed by atoms with Crippen molar-refractivity contribution in [1.29, 1.82) is 0 Å². The topological polar surface area (TPSA) is 24.5 Å². The standard InChI is InChI=1S/C16H26N2O/c1-3-17-16(15-6-4-14(2)5-7-15)8-9-18-10-12-19-13-11-18/h4-7,16-17H,3,8-13H2,1-2H3. The summed E-state index contributed by atoms with van der Waals surface area (Å²) in [5, 5.41) is 3.60. The lowest BCUT2D eigenvalue weighted by Gasteiger charge is -2.28. The Morgan fingerprint density at radius 1 is 1.21 bits per heavy atom. The highest BCUT2D eigenvalue weighted by Crippen LogP contribution is 2.18. The fraction of sp³-hybridized carbons (Fsp3) is 0.625. The molecule has 19 heavy (non-hydrogen) atoms. The predicted molar refractivity (Wildman–Crippen MR) is 79.5 cm³/mol. The second-order valence-corrected chi connectivity index (χ2v) is 5.26. The summed E-state index contributed by atoms with van der Waals surface area (Å²) >= 11 is 0. The van der Waals surface area contributed by atoms with Gasteiger partial charge < -0.3 is 10.1 Å². The molecule has 2 rings (SSSR count). The van der Waals surface area contributed by atoms with Gasteiger partial charge in [-0.15, -0.1) is 0 Å². The number of rotatable bonds is 6. The highest BCUT2D eigenvalue weighted by atomic mass is 16.5. The van der Waals surface area contributed by atoms with Crippen LogP contribution in [0.4, 0.5) is 0 Å². The molecule has 0 bridgehead atoms. The molecule has 0 amide bonds. The first-order chi connectivity index (χ1) is 9.29. The number of benzene rings is 1. The number of hydrogen-bond acceptors (Lipinski definition) is 3. The van der Waals surface area contributed by atoms with Crippen LogP contribution in [0.1, 0.15) is 30.5 Å². The lowest BCUT2D eigenvalue weighted by molar-refractivity contribution is 0.0361. The Morgan fingerprint density at radius 3 is 2.53 bits per heavy atom. The highest BCUT2D eigenvalue weighted by Gasteiger charge is 2.14. The van der Waals surface area contributed by atoms with E-state index in [2.05, 4.69) is 48.3 Å². The zero-order valence-corrected chi connectivity index (χ0v) is 12.2. The van der Waals surface area contributed by atoms with Gasteiger partial charge in [0.25, 0.3) is 0 Å². The summed E-state index contributed by atoms with van der Waals surface area (Å²) in [5.41, 5.74) is 2.73. The third-order valence-corrected chi connectivity index (χ3v) is 3.77. The van der Waals surface area contributed by atoms with Crippen molar-refractivity contribution in [2.75, 3.05) is 39.4 Å². The number of nitrogens with zero attached hydrogens (tertiary/aromatic N) is 1. The van der Waals surface area contributed by atoms with Crippen molar-refractivity contribution in [3.05, 3.63) is 35.4 Å². The molecule has 1 aromatic rings. The van der Waals surface area contributed by atoms with Crippen LogP contribution in [-0.4, -0.2) is 44.3 Å². The first-order valence-corrected chi connectivity index (χ1v) is 7.39. The minimum absolute atomic E-state index is 0.466. The maximum absolute atomic E-state index is 5.39. The molecule has 1 aliphatic rings. The van der Waals surface area contributed by atoms with E-state index in [0.29, 0.717) is 6.04 Å². The fourth-order valence-corrected chi connectivity index (χ4v) is 2.57. The monoisotopic (exact) mass is 262 g/mol.